The van der Waals surface area contributed by atoms with Gasteiger partial charge in [-0.05, 0) is 35.4 Å². The van der Waals surface area contributed by atoms with Gasteiger partial charge >= 0.3 is 0 Å². The zero-order valence-corrected chi connectivity index (χ0v) is 21.3. The first-order chi connectivity index (χ1) is 17.9. The third-order valence-electron chi connectivity index (χ3n) is 6.22. The number of aromatic amines is 1. The fourth-order valence-electron chi connectivity index (χ4n) is 4.41. The number of benzene rings is 3. The molecule has 1 aliphatic rings. The number of hydrogen-bond acceptors (Lipinski definition) is 6. The molecule has 10 heteroatoms. The van der Waals surface area contributed by atoms with Crippen molar-refractivity contribution in [2.24, 2.45) is 5.73 Å². The second kappa shape index (κ2) is 10.8. The second-order valence-corrected chi connectivity index (χ2v) is 10.1. The number of aromatic nitrogens is 2. The molecule has 1 saturated heterocycles. The molecule has 1 aliphatic heterocycles. The monoisotopic (exact) mass is 536 g/mol. The Bertz CT molecular complexity index is 1470. The molecule has 37 heavy (non-hydrogen) atoms. The Morgan fingerprint density at radius 1 is 1.08 bits per heavy atom. The van der Waals surface area contributed by atoms with Crippen molar-refractivity contribution in [1.82, 2.24) is 9.78 Å². The van der Waals surface area contributed by atoms with Crippen LogP contribution in [-0.4, -0.2) is 46.6 Å². The standard InChI is InChI=1S/C27H25ClN4O4S/c28-20-11-4-5-12-22(20)37-24-26(34)30-32(27(24)35)23(17-7-2-1-3-8-17)18-9-6-10-19(15-18)31-13-14-36-21(16-31)25(29)33/h1-12,15,21,23,35H,13-14,16H2,(H2,29,33)(H,30,34). The molecule has 0 saturated carbocycles. The SMILES string of the molecule is NC(=O)C1CN(c2cccc(C(c3ccccc3)n3[nH]c(=O)c(Sc4ccccc4Cl)c3O)c2)CCO1. The maximum Gasteiger partial charge on any atom is 0.282 e. The average Bonchev–Trinajstić information content (AvgIpc) is 3.19. The number of rotatable bonds is 7. The summed E-state index contributed by atoms with van der Waals surface area (Å²) in [4.78, 5) is 27.5. The summed E-state index contributed by atoms with van der Waals surface area (Å²) in [5.41, 5.74) is 7.64. The maximum atomic E-state index is 13.0. The number of amides is 1. The highest BCUT2D eigenvalue weighted by Crippen LogP contribution is 2.39. The van der Waals surface area contributed by atoms with Gasteiger partial charge in [-0.25, -0.2) is 4.68 Å². The maximum absolute atomic E-state index is 13.0. The molecule has 1 amide bonds. The minimum absolute atomic E-state index is 0.155. The smallest absolute Gasteiger partial charge is 0.282 e. The van der Waals surface area contributed by atoms with Crippen molar-refractivity contribution >= 4 is 35.0 Å². The van der Waals surface area contributed by atoms with E-state index in [1.54, 1.807) is 18.2 Å². The Balaban J connectivity index is 1.56. The van der Waals surface area contributed by atoms with Crippen LogP contribution >= 0.6 is 23.4 Å². The summed E-state index contributed by atoms with van der Waals surface area (Å²) in [6, 6.07) is 24.0. The molecule has 1 fully saturated rings. The highest BCUT2D eigenvalue weighted by molar-refractivity contribution is 7.99. The van der Waals surface area contributed by atoms with E-state index < -0.39 is 23.6 Å². The number of hydrogen-bond donors (Lipinski definition) is 3. The summed E-state index contributed by atoms with van der Waals surface area (Å²) in [5, 5.41) is 14.6. The van der Waals surface area contributed by atoms with Gasteiger partial charge in [-0.15, -0.1) is 0 Å². The summed E-state index contributed by atoms with van der Waals surface area (Å²) >= 11 is 7.41. The lowest BCUT2D eigenvalue weighted by molar-refractivity contribution is -0.130. The van der Waals surface area contributed by atoms with Crippen molar-refractivity contribution in [3.8, 4) is 5.88 Å². The van der Waals surface area contributed by atoms with Gasteiger partial charge in [0.2, 0.25) is 11.8 Å². The molecule has 0 radical (unpaired) electrons. The molecule has 4 aromatic rings. The van der Waals surface area contributed by atoms with Gasteiger partial charge in [0.25, 0.3) is 5.56 Å². The molecule has 2 unspecified atom stereocenters. The normalized spacial score (nSPS) is 16.5. The van der Waals surface area contributed by atoms with E-state index >= 15 is 0 Å². The van der Waals surface area contributed by atoms with Gasteiger partial charge in [0.15, 0.2) is 6.10 Å². The Morgan fingerprint density at radius 3 is 2.57 bits per heavy atom. The summed E-state index contributed by atoms with van der Waals surface area (Å²) < 4.78 is 6.97. The molecule has 190 valence electrons. The fraction of sp³-hybridized carbons (Fsp3) is 0.185. The van der Waals surface area contributed by atoms with Crippen LogP contribution in [-0.2, 0) is 9.53 Å². The van der Waals surface area contributed by atoms with Crippen molar-refractivity contribution in [3.05, 3.63) is 105 Å². The molecule has 4 N–H and O–H groups in total. The highest BCUT2D eigenvalue weighted by atomic mass is 35.5. The number of nitrogens with two attached hydrogens (primary N) is 1. The van der Waals surface area contributed by atoms with Crippen LogP contribution in [0.5, 0.6) is 5.88 Å². The van der Waals surface area contributed by atoms with E-state index in [2.05, 4.69) is 5.10 Å². The van der Waals surface area contributed by atoms with E-state index in [-0.39, 0.29) is 10.8 Å². The lowest BCUT2D eigenvalue weighted by atomic mass is 9.98. The van der Waals surface area contributed by atoms with E-state index in [9.17, 15) is 14.7 Å². The number of morpholine rings is 1. The summed E-state index contributed by atoms with van der Waals surface area (Å²) in [5.74, 6) is -0.684. The minimum Gasteiger partial charge on any atom is -0.493 e. The third-order valence-corrected chi connectivity index (χ3v) is 7.81. The van der Waals surface area contributed by atoms with Crippen LogP contribution in [0.4, 0.5) is 5.69 Å². The molecule has 1 aromatic heterocycles. The van der Waals surface area contributed by atoms with E-state index in [1.165, 1.54) is 4.68 Å². The van der Waals surface area contributed by atoms with Crippen molar-refractivity contribution in [1.29, 1.82) is 0 Å². The lowest BCUT2D eigenvalue weighted by Gasteiger charge is -2.33. The predicted octanol–water partition coefficient (Wildman–Crippen LogP) is 4.01. The molecule has 0 spiro atoms. The number of nitrogens with zero attached hydrogens (tertiary/aromatic N) is 2. The van der Waals surface area contributed by atoms with Gasteiger partial charge in [0.05, 0.1) is 18.2 Å². The predicted molar refractivity (Wildman–Crippen MR) is 144 cm³/mol. The summed E-state index contributed by atoms with van der Waals surface area (Å²) in [7, 11) is 0. The molecule has 0 aliphatic carbocycles. The van der Waals surface area contributed by atoms with Gasteiger partial charge in [-0.1, -0.05) is 78.0 Å². The zero-order chi connectivity index (χ0) is 25.9. The van der Waals surface area contributed by atoms with Crippen LogP contribution in [0.25, 0.3) is 0 Å². The van der Waals surface area contributed by atoms with E-state index in [0.717, 1.165) is 28.6 Å². The van der Waals surface area contributed by atoms with Crippen LogP contribution in [0.15, 0.2) is 93.4 Å². The number of ether oxygens (including phenoxy) is 1. The quantitative estimate of drug-likeness (QED) is 0.329. The summed E-state index contributed by atoms with van der Waals surface area (Å²) in [6.45, 7) is 1.33. The Labute approximate surface area is 222 Å². The number of halogens is 1. The van der Waals surface area contributed by atoms with Crippen molar-refractivity contribution in [2.75, 3.05) is 24.6 Å². The van der Waals surface area contributed by atoms with Crippen LogP contribution in [0.3, 0.4) is 0 Å². The zero-order valence-electron chi connectivity index (χ0n) is 19.7. The van der Waals surface area contributed by atoms with Crippen LogP contribution < -0.4 is 16.2 Å². The summed E-state index contributed by atoms with van der Waals surface area (Å²) in [6.07, 6.45) is -0.684. The first kappa shape index (κ1) is 25.0. The average molecular weight is 537 g/mol. The van der Waals surface area contributed by atoms with Crippen molar-refractivity contribution in [2.45, 2.75) is 21.9 Å². The molecule has 5 rings (SSSR count). The van der Waals surface area contributed by atoms with Gasteiger partial charge in [0, 0.05) is 17.1 Å². The van der Waals surface area contributed by atoms with E-state index in [4.69, 9.17) is 22.1 Å². The molecular weight excluding hydrogens is 512 g/mol. The Hall–Kier alpha value is -3.66. The number of anilines is 1. The fourth-order valence-corrected chi connectivity index (χ4v) is 5.53. The third kappa shape index (κ3) is 5.24. The number of carbonyl (C=O) groups is 1. The molecule has 8 nitrogen and oxygen atoms in total. The number of carbonyl (C=O) groups excluding carboxylic acids is 1. The first-order valence-corrected chi connectivity index (χ1v) is 12.9. The number of H-pyrrole nitrogens is 1. The molecular formula is C27H25ClN4O4S. The second-order valence-electron chi connectivity index (χ2n) is 8.61. The van der Waals surface area contributed by atoms with Crippen LogP contribution in [0.2, 0.25) is 5.02 Å². The lowest BCUT2D eigenvalue weighted by Crippen LogP contribution is -2.48. The topological polar surface area (TPSA) is 114 Å². The Kier molecular flexibility index (Phi) is 7.27. The van der Waals surface area contributed by atoms with Gasteiger partial charge in [0.1, 0.15) is 10.9 Å². The van der Waals surface area contributed by atoms with Gasteiger partial charge in [-0.2, -0.15) is 0 Å². The van der Waals surface area contributed by atoms with Gasteiger partial charge < -0.3 is 20.5 Å². The van der Waals surface area contributed by atoms with E-state index in [1.807, 2.05) is 65.6 Å². The Morgan fingerprint density at radius 2 is 1.81 bits per heavy atom. The number of nitrogens with one attached hydrogen (secondary N) is 1. The molecule has 2 atom stereocenters. The minimum atomic E-state index is -0.684. The number of primary amides is 1. The van der Waals surface area contributed by atoms with E-state index in [0.29, 0.717) is 29.6 Å². The first-order valence-electron chi connectivity index (χ1n) is 11.7. The van der Waals surface area contributed by atoms with Gasteiger partial charge in [-0.3, -0.25) is 14.7 Å². The largest absolute Gasteiger partial charge is 0.493 e. The van der Waals surface area contributed by atoms with Crippen molar-refractivity contribution in [3.63, 3.8) is 0 Å². The number of aromatic hydroxyl groups is 1. The molecule has 2 heterocycles. The van der Waals surface area contributed by atoms with Crippen molar-refractivity contribution < 1.29 is 14.6 Å². The van der Waals surface area contributed by atoms with Crippen LogP contribution in [0.1, 0.15) is 17.2 Å². The molecule has 3 aromatic carbocycles. The highest BCUT2D eigenvalue weighted by Gasteiger charge is 2.28. The van der Waals surface area contributed by atoms with Crippen LogP contribution in [0, 0.1) is 0 Å². The molecule has 0 bridgehead atoms.